The number of benzene rings is 1. The normalized spacial score (nSPS) is 22.8. The lowest BCUT2D eigenvalue weighted by atomic mass is 9.74. The summed E-state index contributed by atoms with van der Waals surface area (Å²) < 4.78 is 31.6. The molecule has 1 fully saturated rings. The summed E-state index contributed by atoms with van der Waals surface area (Å²) in [7, 11) is -4.65. The number of aromatic hydroxyl groups is 1. The van der Waals surface area contributed by atoms with E-state index in [-0.39, 0.29) is 24.4 Å². The van der Waals surface area contributed by atoms with Gasteiger partial charge in [-0.1, -0.05) is 22.0 Å². The number of rotatable bonds is 6. The van der Waals surface area contributed by atoms with E-state index in [0.29, 0.717) is 29.6 Å². The summed E-state index contributed by atoms with van der Waals surface area (Å²) in [5, 5.41) is 29.4. The van der Waals surface area contributed by atoms with Crippen LogP contribution in [0.15, 0.2) is 58.2 Å². The maximum Gasteiger partial charge on any atom is 0.456 e. The number of fused-ring (bicyclic) bond motifs is 1. The molecule has 2 atom stereocenters. The van der Waals surface area contributed by atoms with Gasteiger partial charge in [-0.2, -0.15) is 0 Å². The predicted octanol–water partition coefficient (Wildman–Crippen LogP) is 2.84. The summed E-state index contributed by atoms with van der Waals surface area (Å²) in [6.45, 7) is -0.351. The Kier molecular flexibility index (Phi) is 6.87. The quantitative estimate of drug-likeness (QED) is 0.396. The molecule has 3 N–H and O–H groups in total. The average Bonchev–Trinajstić information content (AvgIpc) is 3.04. The number of allylic oxidation sites excluding steroid dienone is 1. The van der Waals surface area contributed by atoms with Crippen LogP contribution < -0.4 is 0 Å². The second-order valence-corrected chi connectivity index (χ2v) is 11.1. The van der Waals surface area contributed by atoms with Crippen molar-refractivity contribution in [1.29, 1.82) is 0 Å². The first-order valence-electron chi connectivity index (χ1n) is 10.3. The third-order valence-corrected chi connectivity index (χ3v) is 8.39. The van der Waals surface area contributed by atoms with Crippen molar-refractivity contribution in [3.05, 3.63) is 69.5 Å². The molecule has 10 heteroatoms. The SMILES string of the molecule is O=S1(=O)CC(CO)=C2[C@@H](CC/C(=C/c3cc(Br)ccc3O)c3ccccn3)OB(O)C[C@@H]21. The first kappa shape index (κ1) is 23.2. The third kappa shape index (κ3) is 4.84. The number of hydrogen-bond acceptors (Lipinski definition) is 7. The summed E-state index contributed by atoms with van der Waals surface area (Å²) in [5.41, 5.74) is 3.19. The van der Waals surface area contributed by atoms with E-state index in [4.69, 9.17) is 4.65 Å². The Morgan fingerprint density at radius 3 is 2.84 bits per heavy atom. The summed E-state index contributed by atoms with van der Waals surface area (Å²) in [6, 6.07) is 10.7. The number of aliphatic hydroxyl groups is 1. The number of phenols is 1. The molecule has 2 aliphatic rings. The van der Waals surface area contributed by atoms with Gasteiger partial charge >= 0.3 is 7.12 Å². The van der Waals surface area contributed by atoms with Crippen molar-refractivity contribution in [1.82, 2.24) is 4.98 Å². The van der Waals surface area contributed by atoms with Crippen molar-refractivity contribution >= 4 is 44.5 Å². The van der Waals surface area contributed by atoms with Crippen molar-refractivity contribution in [2.45, 2.75) is 30.5 Å². The monoisotopic (exact) mass is 519 g/mol. The number of hydrogen-bond donors (Lipinski definition) is 3. The highest BCUT2D eigenvalue weighted by atomic mass is 79.9. The number of sulfone groups is 1. The first-order valence-corrected chi connectivity index (χ1v) is 12.8. The lowest BCUT2D eigenvalue weighted by Gasteiger charge is -2.32. The fourth-order valence-corrected chi connectivity index (χ4v) is 6.85. The van der Waals surface area contributed by atoms with E-state index >= 15 is 0 Å². The molecule has 32 heavy (non-hydrogen) atoms. The Hall–Kier alpha value is -1.98. The molecule has 2 aromatic rings. The van der Waals surface area contributed by atoms with Crippen molar-refractivity contribution < 1.29 is 28.3 Å². The van der Waals surface area contributed by atoms with Crippen LogP contribution >= 0.6 is 15.9 Å². The molecule has 168 valence electrons. The Morgan fingerprint density at radius 2 is 2.12 bits per heavy atom. The molecule has 0 amide bonds. The van der Waals surface area contributed by atoms with Gasteiger partial charge in [-0.25, -0.2) is 8.42 Å². The maximum absolute atomic E-state index is 12.6. The minimum Gasteiger partial charge on any atom is -0.507 e. The zero-order chi connectivity index (χ0) is 22.9. The van der Waals surface area contributed by atoms with Gasteiger partial charge in [0.1, 0.15) is 5.75 Å². The zero-order valence-electron chi connectivity index (χ0n) is 17.2. The van der Waals surface area contributed by atoms with Gasteiger partial charge < -0.3 is 19.9 Å². The van der Waals surface area contributed by atoms with Gasteiger partial charge in [-0.15, -0.1) is 0 Å². The van der Waals surface area contributed by atoms with E-state index in [1.807, 2.05) is 24.3 Å². The second kappa shape index (κ2) is 9.48. The molecule has 7 nitrogen and oxygen atoms in total. The fourth-order valence-electron chi connectivity index (χ4n) is 4.36. The smallest absolute Gasteiger partial charge is 0.456 e. The fraction of sp³-hybridized carbons (Fsp3) is 0.318. The summed E-state index contributed by atoms with van der Waals surface area (Å²) in [5.74, 6) is -0.0801. The molecule has 4 rings (SSSR count). The number of halogens is 1. The molecule has 0 aliphatic carbocycles. The molecular formula is C22H23BBrNO6S. The second-order valence-electron chi connectivity index (χ2n) is 7.95. The van der Waals surface area contributed by atoms with Gasteiger partial charge in [0.05, 0.1) is 29.4 Å². The molecule has 0 radical (unpaired) electrons. The number of aromatic nitrogens is 1. The largest absolute Gasteiger partial charge is 0.507 e. The minimum absolute atomic E-state index is 0.0213. The predicted molar refractivity (Wildman–Crippen MR) is 126 cm³/mol. The molecule has 0 saturated carbocycles. The van der Waals surface area contributed by atoms with Crippen LogP contribution in [-0.4, -0.2) is 59.5 Å². The number of aliphatic hydroxyl groups excluding tert-OH is 1. The lowest BCUT2D eigenvalue weighted by Crippen LogP contribution is -2.42. The number of phenolic OH excluding ortho intramolecular Hbond substituents is 1. The third-order valence-electron chi connectivity index (χ3n) is 5.83. The van der Waals surface area contributed by atoms with Gasteiger partial charge in [-0.3, -0.25) is 4.98 Å². The molecule has 0 unspecified atom stereocenters. The summed E-state index contributed by atoms with van der Waals surface area (Å²) in [6.07, 6.45) is 3.70. The van der Waals surface area contributed by atoms with Crippen molar-refractivity contribution in [3.8, 4) is 5.75 Å². The van der Waals surface area contributed by atoms with Gasteiger partial charge in [0.2, 0.25) is 0 Å². The highest BCUT2D eigenvalue weighted by molar-refractivity contribution is 9.10. The van der Waals surface area contributed by atoms with Crippen LogP contribution in [0.2, 0.25) is 6.32 Å². The molecule has 1 aromatic carbocycles. The maximum atomic E-state index is 12.6. The van der Waals surface area contributed by atoms with Crippen LogP contribution in [0, 0.1) is 0 Å². The van der Waals surface area contributed by atoms with E-state index in [9.17, 15) is 23.7 Å². The van der Waals surface area contributed by atoms with E-state index in [0.717, 1.165) is 15.7 Å². The molecule has 1 saturated heterocycles. The van der Waals surface area contributed by atoms with E-state index in [1.165, 1.54) is 0 Å². The minimum atomic E-state index is -3.46. The van der Waals surface area contributed by atoms with E-state index in [2.05, 4.69) is 20.9 Å². The van der Waals surface area contributed by atoms with Crippen molar-refractivity contribution in [3.63, 3.8) is 0 Å². The van der Waals surface area contributed by atoms with Gasteiger partial charge in [0.15, 0.2) is 9.84 Å². The first-order chi connectivity index (χ1) is 15.3. The molecule has 2 aliphatic heterocycles. The Bertz CT molecular complexity index is 1170. The molecule has 0 bridgehead atoms. The Morgan fingerprint density at radius 1 is 1.31 bits per heavy atom. The number of nitrogens with zero attached hydrogens (tertiary/aromatic N) is 1. The van der Waals surface area contributed by atoms with Crippen LogP contribution in [0.3, 0.4) is 0 Å². The number of pyridine rings is 1. The van der Waals surface area contributed by atoms with Crippen LogP contribution in [0.1, 0.15) is 24.1 Å². The van der Waals surface area contributed by atoms with Crippen LogP contribution in [0.4, 0.5) is 0 Å². The highest BCUT2D eigenvalue weighted by Crippen LogP contribution is 2.40. The van der Waals surface area contributed by atoms with E-state index in [1.54, 1.807) is 24.4 Å². The molecule has 1 aromatic heterocycles. The summed E-state index contributed by atoms with van der Waals surface area (Å²) in [4.78, 5) is 4.43. The highest BCUT2D eigenvalue weighted by Gasteiger charge is 2.48. The van der Waals surface area contributed by atoms with Gasteiger partial charge in [0.25, 0.3) is 0 Å². The topological polar surface area (TPSA) is 117 Å². The zero-order valence-corrected chi connectivity index (χ0v) is 19.6. The lowest BCUT2D eigenvalue weighted by molar-refractivity contribution is 0.169. The van der Waals surface area contributed by atoms with Gasteiger partial charge in [0, 0.05) is 22.6 Å². The molecule has 0 spiro atoms. The molecule has 3 heterocycles. The van der Waals surface area contributed by atoms with Crippen LogP contribution in [-0.2, 0) is 14.5 Å². The van der Waals surface area contributed by atoms with Crippen molar-refractivity contribution in [2.24, 2.45) is 0 Å². The molecular weight excluding hydrogens is 497 g/mol. The average molecular weight is 520 g/mol. The standard InChI is InChI=1S/C22H23BBrNO6S/c24-17-5-6-19(27)15(10-17)9-14(18-3-1-2-8-25-18)4-7-20-22-16(12-26)13-32(29,30)21(22)11-23(28)31-20/h1-3,5-6,8-10,20-21,26-28H,4,7,11-13H2/b14-9-/t20-,21+/m1/s1. The Balaban J connectivity index is 1.66. The summed E-state index contributed by atoms with van der Waals surface area (Å²) >= 11 is 3.42. The van der Waals surface area contributed by atoms with Crippen LogP contribution in [0.25, 0.3) is 11.6 Å². The van der Waals surface area contributed by atoms with Crippen LogP contribution in [0.5, 0.6) is 5.75 Å². The van der Waals surface area contributed by atoms with Gasteiger partial charge in [-0.05, 0) is 66.0 Å². The van der Waals surface area contributed by atoms with Crippen molar-refractivity contribution in [2.75, 3.05) is 12.4 Å². The Labute approximate surface area is 195 Å². The van der Waals surface area contributed by atoms with E-state index < -0.39 is 28.3 Å².